The molecule has 3 rings (SSSR count). The molecule has 0 saturated heterocycles. The van der Waals surface area contributed by atoms with Crippen LogP contribution < -0.4 is 5.73 Å². The van der Waals surface area contributed by atoms with E-state index in [1.54, 1.807) is 10.7 Å². The second-order valence-corrected chi connectivity index (χ2v) is 4.96. The first-order chi connectivity index (χ1) is 9.13. The van der Waals surface area contributed by atoms with Gasteiger partial charge in [0.25, 0.3) is 5.91 Å². The van der Waals surface area contributed by atoms with Crippen LogP contribution in [0.3, 0.4) is 0 Å². The van der Waals surface area contributed by atoms with Gasteiger partial charge in [-0.25, -0.2) is 9.50 Å². The molecule has 2 N–H and O–H groups in total. The minimum atomic E-state index is -0.518. The molecule has 0 radical (unpaired) electrons. The quantitative estimate of drug-likeness (QED) is 0.788. The van der Waals surface area contributed by atoms with Crippen LogP contribution in [0.5, 0.6) is 0 Å². The molecular formula is C13H9BrN4O. The van der Waals surface area contributed by atoms with Crippen molar-refractivity contribution in [1.29, 1.82) is 0 Å². The Labute approximate surface area is 117 Å². The second-order valence-electron chi connectivity index (χ2n) is 4.05. The molecule has 3 aromatic rings. The lowest BCUT2D eigenvalue weighted by Crippen LogP contribution is -2.12. The molecule has 94 valence electrons. The lowest BCUT2D eigenvalue weighted by Gasteiger charge is -1.96. The van der Waals surface area contributed by atoms with E-state index in [2.05, 4.69) is 26.0 Å². The normalized spacial score (nSPS) is 10.8. The first-order valence-corrected chi connectivity index (χ1v) is 6.34. The summed E-state index contributed by atoms with van der Waals surface area (Å²) in [6, 6.07) is 9.67. The molecule has 2 heterocycles. The zero-order valence-electron chi connectivity index (χ0n) is 9.75. The summed E-state index contributed by atoms with van der Waals surface area (Å²) in [6.45, 7) is 0. The van der Waals surface area contributed by atoms with E-state index in [1.165, 1.54) is 6.20 Å². The molecule has 0 unspecified atom stereocenters. The Morgan fingerprint density at radius 2 is 2.00 bits per heavy atom. The summed E-state index contributed by atoms with van der Waals surface area (Å²) >= 11 is 3.39. The third-order valence-corrected chi connectivity index (χ3v) is 3.27. The highest BCUT2D eigenvalue weighted by molar-refractivity contribution is 9.10. The van der Waals surface area contributed by atoms with Crippen LogP contribution in [0.4, 0.5) is 0 Å². The second kappa shape index (κ2) is 4.47. The average Bonchev–Trinajstić information content (AvgIpc) is 2.82. The maximum absolute atomic E-state index is 11.1. The van der Waals surface area contributed by atoms with Crippen molar-refractivity contribution in [3.05, 3.63) is 52.8 Å². The summed E-state index contributed by atoms with van der Waals surface area (Å²) in [4.78, 5) is 15.3. The maximum atomic E-state index is 11.1. The van der Waals surface area contributed by atoms with Crippen molar-refractivity contribution >= 4 is 27.5 Å². The number of rotatable bonds is 2. The van der Waals surface area contributed by atoms with Gasteiger partial charge in [-0.1, -0.05) is 28.1 Å². The molecule has 0 atom stereocenters. The van der Waals surface area contributed by atoms with Crippen molar-refractivity contribution in [2.24, 2.45) is 5.73 Å². The van der Waals surface area contributed by atoms with E-state index in [4.69, 9.17) is 5.73 Å². The van der Waals surface area contributed by atoms with Crippen LogP contribution in [-0.4, -0.2) is 20.5 Å². The van der Waals surface area contributed by atoms with Crippen LogP contribution in [-0.2, 0) is 0 Å². The summed E-state index contributed by atoms with van der Waals surface area (Å²) in [5.41, 5.74) is 7.99. The number of carbonyl (C=O) groups excluding carboxylic acids is 1. The molecule has 0 fully saturated rings. The first kappa shape index (κ1) is 11.9. The van der Waals surface area contributed by atoms with Gasteiger partial charge in [0, 0.05) is 28.5 Å². The standard InChI is InChI=1S/C13H9BrN4O/c14-10-3-1-8(2-4-10)11-5-12-16-6-9(13(15)19)7-18(12)17-11/h1-7H,(H2,15,19). The SMILES string of the molecule is NC(=O)c1cnc2cc(-c3ccc(Br)cc3)nn2c1. The molecular weight excluding hydrogens is 308 g/mol. The van der Waals surface area contributed by atoms with Gasteiger partial charge in [0.1, 0.15) is 0 Å². The minimum absolute atomic E-state index is 0.331. The van der Waals surface area contributed by atoms with Crippen molar-refractivity contribution in [1.82, 2.24) is 14.6 Å². The van der Waals surface area contributed by atoms with Crippen LogP contribution >= 0.6 is 15.9 Å². The van der Waals surface area contributed by atoms with Crippen LogP contribution in [0, 0.1) is 0 Å². The summed E-state index contributed by atoms with van der Waals surface area (Å²) in [5.74, 6) is -0.518. The zero-order chi connectivity index (χ0) is 13.4. The van der Waals surface area contributed by atoms with Crippen LogP contribution in [0.25, 0.3) is 16.9 Å². The van der Waals surface area contributed by atoms with Crippen LogP contribution in [0.15, 0.2) is 47.2 Å². The van der Waals surface area contributed by atoms with Crippen molar-refractivity contribution in [2.75, 3.05) is 0 Å². The number of primary amides is 1. The van der Waals surface area contributed by atoms with E-state index in [1.807, 2.05) is 30.3 Å². The number of amides is 1. The number of nitrogens with zero attached hydrogens (tertiary/aromatic N) is 3. The maximum Gasteiger partial charge on any atom is 0.251 e. The third kappa shape index (κ3) is 2.22. The number of halogens is 1. The average molecular weight is 317 g/mol. The zero-order valence-corrected chi connectivity index (χ0v) is 11.3. The molecule has 0 bridgehead atoms. The lowest BCUT2D eigenvalue weighted by atomic mass is 10.2. The molecule has 0 saturated carbocycles. The number of fused-ring (bicyclic) bond motifs is 1. The monoisotopic (exact) mass is 316 g/mol. The molecule has 0 aliphatic heterocycles. The highest BCUT2D eigenvalue weighted by Crippen LogP contribution is 2.21. The van der Waals surface area contributed by atoms with Crippen LogP contribution in [0.2, 0.25) is 0 Å². The molecule has 5 nitrogen and oxygen atoms in total. The molecule has 0 aliphatic rings. The largest absolute Gasteiger partial charge is 0.366 e. The molecule has 0 spiro atoms. The first-order valence-electron chi connectivity index (χ1n) is 5.55. The van der Waals surface area contributed by atoms with E-state index >= 15 is 0 Å². The topological polar surface area (TPSA) is 73.3 Å². The van der Waals surface area contributed by atoms with Gasteiger partial charge >= 0.3 is 0 Å². The van der Waals surface area contributed by atoms with Gasteiger partial charge < -0.3 is 5.73 Å². The number of hydrogen-bond donors (Lipinski definition) is 1. The van der Waals surface area contributed by atoms with Gasteiger partial charge in [0.05, 0.1) is 11.3 Å². The van der Waals surface area contributed by atoms with E-state index in [0.29, 0.717) is 11.2 Å². The number of nitrogens with two attached hydrogens (primary N) is 1. The predicted molar refractivity (Wildman–Crippen MR) is 74.6 cm³/mol. The van der Waals surface area contributed by atoms with Gasteiger partial charge in [-0.3, -0.25) is 4.79 Å². The van der Waals surface area contributed by atoms with E-state index in [0.717, 1.165) is 15.7 Å². The highest BCUT2D eigenvalue weighted by Gasteiger charge is 2.08. The Morgan fingerprint density at radius 3 is 2.68 bits per heavy atom. The Hall–Kier alpha value is -2.21. The predicted octanol–water partition coefficient (Wildman–Crippen LogP) is 2.26. The Morgan fingerprint density at radius 1 is 1.26 bits per heavy atom. The highest BCUT2D eigenvalue weighted by atomic mass is 79.9. The molecule has 1 aromatic carbocycles. The minimum Gasteiger partial charge on any atom is -0.366 e. The van der Waals surface area contributed by atoms with Crippen LogP contribution in [0.1, 0.15) is 10.4 Å². The van der Waals surface area contributed by atoms with E-state index in [9.17, 15) is 4.79 Å². The fraction of sp³-hybridized carbons (Fsp3) is 0. The van der Waals surface area contributed by atoms with Crippen molar-refractivity contribution < 1.29 is 4.79 Å². The molecule has 1 amide bonds. The summed E-state index contributed by atoms with van der Waals surface area (Å²) in [7, 11) is 0. The van der Waals surface area contributed by atoms with Gasteiger partial charge in [0.2, 0.25) is 0 Å². The molecule has 2 aromatic heterocycles. The van der Waals surface area contributed by atoms with Gasteiger partial charge in [-0.15, -0.1) is 0 Å². The van der Waals surface area contributed by atoms with Crippen molar-refractivity contribution in [3.63, 3.8) is 0 Å². The molecule has 0 aliphatic carbocycles. The summed E-state index contributed by atoms with van der Waals surface area (Å²) in [5, 5.41) is 4.39. The van der Waals surface area contributed by atoms with Gasteiger partial charge in [-0.05, 0) is 12.1 Å². The fourth-order valence-corrected chi connectivity index (χ4v) is 2.03. The van der Waals surface area contributed by atoms with E-state index < -0.39 is 5.91 Å². The molecule has 6 heteroatoms. The van der Waals surface area contributed by atoms with E-state index in [-0.39, 0.29) is 0 Å². The number of hydrogen-bond acceptors (Lipinski definition) is 3. The summed E-state index contributed by atoms with van der Waals surface area (Å²) in [6.07, 6.45) is 3.03. The number of carbonyl (C=O) groups is 1. The number of benzene rings is 1. The lowest BCUT2D eigenvalue weighted by molar-refractivity contribution is 0.0999. The number of aromatic nitrogens is 3. The smallest absolute Gasteiger partial charge is 0.251 e. The third-order valence-electron chi connectivity index (χ3n) is 2.74. The van der Waals surface area contributed by atoms with Gasteiger partial charge in [-0.2, -0.15) is 5.10 Å². The van der Waals surface area contributed by atoms with Gasteiger partial charge in [0.15, 0.2) is 5.65 Å². The molecule has 19 heavy (non-hydrogen) atoms. The Bertz CT molecular complexity index is 764. The van der Waals surface area contributed by atoms with Crippen molar-refractivity contribution in [3.8, 4) is 11.3 Å². The van der Waals surface area contributed by atoms with Crippen molar-refractivity contribution in [2.45, 2.75) is 0 Å². The fourth-order valence-electron chi connectivity index (χ4n) is 1.77. The summed E-state index contributed by atoms with van der Waals surface area (Å²) < 4.78 is 2.56. The Kier molecular flexibility index (Phi) is 2.79. The Balaban J connectivity index is 2.11.